The minimum Gasteiger partial charge on any atom is -0.466 e. The second kappa shape index (κ2) is 12.3. The highest BCUT2D eigenvalue weighted by atomic mass is 35.6. The van der Waals surface area contributed by atoms with Gasteiger partial charge in [-0.3, -0.25) is 14.5 Å². The van der Waals surface area contributed by atoms with Crippen molar-refractivity contribution in [2.24, 2.45) is 0 Å². The zero-order chi connectivity index (χ0) is 26.4. The highest BCUT2D eigenvalue weighted by Gasteiger charge is 2.36. The van der Waals surface area contributed by atoms with Crippen LogP contribution < -0.4 is 10.1 Å². The van der Waals surface area contributed by atoms with Crippen molar-refractivity contribution in [3.05, 3.63) is 107 Å². The van der Waals surface area contributed by atoms with Gasteiger partial charge in [0.15, 0.2) is 0 Å². The molecule has 1 unspecified atom stereocenters. The summed E-state index contributed by atoms with van der Waals surface area (Å²) in [6, 6.07) is 25.4. The van der Waals surface area contributed by atoms with E-state index in [1.165, 1.54) is 11.8 Å². The molecule has 1 atom stereocenters. The third-order valence-electron chi connectivity index (χ3n) is 5.37. The molecule has 0 aliphatic carbocycles. The van der Waals surface area contributed by atoms with Crippen LogP contribution in [0.25, 0.3) is 6.08 Å². The molecule has 1 aliphatic heterocycles. The predicted molar refractivity (Wildman–Crippen MR) is 155 cm³/mol. The fourth-order valence-corrected chi connectivity index (χ4v) is 5.08. The van der Waals surface area contributed by atoms with Crippen molar-refractivity contribution in [3.8, 4) is 5.75 Å². The molecule has 1 heterocycles. The Morgan fingerprint density at radius 3 is 2.24 bits per heavy atom. The molecule has 3 aromatic rings. The number of hydrogen-bond acceptors (Lipinski definition) is 5. The third kappa shape index (κ3) is 7.49. The maximum absolute atomic E-state index is 12.9. The summed E-state index contributed by atoms with van der Waals surface area (Å²) >= 11 is 24.9. The van der Waals surface area contributed by atoms with Crippen molar-refractivity contribution >= 4 is 81.0 Å². The third-order valence-corrected chi connectivity index (χ3v) is 7.34. The summed E-state index contributed by atoms with van der Waals surface area (Å²) in [5.74, 6) is -0.189. The summed E-state index contributed by atoms with van der Waals surface area (Å²) < 4.78 is 4.39. The normalized spacial score (nSPS) is 15.6. The molecule has 2 amide bonds. The number of halogens is 3. The summed E-state index contributed by atoms with van der Waals surface area (Å²) in [6.45, 7) is 0.520. The molecule has 37 heavy (non-hydrogen) atoms. The summed E-state index contributed by atoms with van der Waals surface area (Å²) in [5.41, 5.74) is 2.32. The first-order valence-electron chi connectivity index (χ1n) is 11.2. The lowest BCUT2D eigenvalue weighted by Crippen LogP contribution is -2.47. The van der Waals surface area contributed by atoms with Crippen molar-refractivity contribution in [1.82, 2.24) is 10.2 Å². The van der Waals surface area contributed by atoms with Gasteiger partial charge in [-0.25, -0.2) is 0 Å². The van der Waals surface area contributed by atoms with E-state index in [0.29, 0.717) is 27.1 Å². The van der Waals surface area contributed by atoms with E-state index in [2.05, 4.69) is 5.32 Å². The monoisotopic (exact) mass is 590 g/mol. The zero-order valence-electron chi connectivity index (χ0n) is 19.3. The van der Waals surface area contributed by atoms with E-state index in [0.717, 1.165) is 17.5 Å². The van der Waals surface area contributed by atoms with E-state index in [1.807, 2.05) is 30.3 Å². The number of rotatable bonds is 8. The molecule has 0 aromatic heterocycles. The standard InChI is InChI=1S/C27H21Cl3N2O3S2/c28-27(29,30)25(31-23(33)20-9-5-2-6-10-20)35-21-13-11-19(12-14-21)17-22-24(34)32(26(36)37-22)16-15-18-7-3-1-4-8-18/h1-14,17,25H,15-16H2,(H,31,33)/b22-17-. The summed E-state index contributed by atoms with van der Waals surface area (Å²) in [6.07, 6.45) is 1.25. The quantitative estimate of drug-likeness (QED) is 0.138. The van der Waals surface area contributed by atoms with E-state index in [1.54, 1.807) is 65.6 Å². The first-order chi connectivity index (χ1) is 17.7. The lowest BCUT2D eigenvalue weighted by Gasteiger charge is -2.26. The number of hydrogen-bond donors (Lipinski definition) is 1. The molecular weight excluding hydrogens is 571 g/mol. The summed E-state index contributed by atoms with van der Waals surface area (Å²) in [7, 11) is 0. The maximum atomic E-state index is 12.9. The number of carbonyl (C=O) groups is 2. The van der Waals surface area contributed by atoms with Crippen molar-refractivity contribution in [1.29, 1.82) is 0 Å². The number of nitrogens with one attached hydrogen (secondary N) is 1. The van der Waals surface area contributed by atoms with Gasteiger partial charge in [0.2, 0.25) is 10.0 Å². The molecule has 0 spiro atoms. The molecule has 3 aromatic carbocycles. The average Bonchev–Trinajstić information content (AvgIpc) is 3.15. The number of carbonyl (C=O) groups excluding carboxylic acids is 2. The van der Waals surface area contributed by atoms with Crippen LogP contribution in [0.3, 0.4) is 0 Å². The van der Waals surface area contributed by atoms with Crippen LogP contribution in [0.5, 0.6) is 5.75 Å². The van der Waals surface area contributed by atoms with Gasteiger partial charge in [0.1, 0.15) is 10.1 Å². The Kier molecular flexibility index (Phi) is 9.16. The largest absolute Gasteiger partial charge is 0.466 e. The maximum Gasteiger partial charge on any atom is 0.266 e. The molecule has 0 bridgehead atoms. The first-order valence-corrected chi connectivity index (χ1v) is 13.6. The van der Waals surface area contributed by atoms with E-state index in [-0.39, 0.29) is 5.91 Å². The van der Waals surface area contributed by atoms with Gasteiger partial charge in [-0.1, -0.05) is 119 Å². The predicted octanol–water partition coefficient (Wildman–Crippen LogP) is 6.64. The fraction of sp³-hybridized carbons (Fsp3) is 0.148. The van der Waals surface area contributed by atoms with Crippen LogP contribution in [0.1, 0.15) is 21.5 Å². The van der Waals surface area contributed by atoms with Gasteiger partial charge in [-0.05, 0) is 47.9 Å². The molecule has 0 saturated carbocycles. The van der Waals surface area contributed by atoms with Gasteiger partial charge < -0.3 is 10.1 Å². The van der Waals surface area contributed by atoms with Crippen LogP contribution in [0, 0.1) is 0 Å². The Labute approximate surface area is 239 Å². The number of nitrogens with zero attached hydrogens (tertiary/aromatic N) is 1. The molecule has 1 saturated heterocycles. The molecule has 10 heteroatoms. The summed E-state index contributed by atoms with van der Waals surface area (Å²) in [4.78, 5) is 27.6. The molecular formula is C27H21Cl3N2O3S2. The number of amides is 2. The molecule has 4 rings (SSSR count). The molecule has 1 N–H and O–H groups in total. The molecule has 190 valence electrons. The number of benzene rings is 3. The highest BCUT2D eigenvalue weighted by Crippen LogP contribution is 2.34. The Morgan fingerprint density at radius 1 is 1.00 bits per heavy atom. The number of thiocarbonyl (C=S) groups is 1. The number of alkyl halides is 3. The lowest BCUT2D eigenvalue weighted by atomic mass is 10.1. The zero-order valence-corrected chi connectivity index (χ0v) is 23.2. The van der Waals surface area contributed by atoms with Crippen LogP contribution >= 0.6 is 58.8 Å². The van der Waals surface area contributed by atoms with E-state index < -0.39 is 15.9 Å². The fourth-order valence-electron chi connectivity index (χ4n) is 3.48. The molecule has 1 fully saturated rings. The number of ether oxygens (including phenoxy) is 1. The Hall–Kier alpha value is -2.55. The highest BCUT2D eigenvalue weighted by molar-refractivity contribution is 8.26. The van der Waals surface area contributed by atoms with Crippen LogP contribution in [0.15, 0.2) is 89.8 Å². The smallest absolute Gasteiger partial charge is 0.266 e. The van der Waals surface area contributed by atoms with Crippen LogP contribution in [0.4, 0.5) is 0 Å². The number of thioether (sulfide) groups is 1. The minimum atomic E-state index is -1.92. The first kappa shape index (κ1) is 27.5. The van der Waals surface area contributed by atoms with Gasteiger partial charge in [0.25, 0.3) is 11.8 Å². The van der Waals surface area contributed by atoms with Crippen molar-refractivity contribution in [2.45, 2.75) is 16.4 Å². The van der Waals surface area contributed by atoms with E-state index in [4.69, 9.17) is 51.8 Å². The average molecular weight is 592 g/mol. The Bertz CT molecular complexity index is 1300. The molecule has 0 radical (unpaired) electrons. The molecule has 1 aliphatic rings. The van der Waals surface area contributed by atoms with E-state index in [9.17, 15) is 9.59 Å². The van der Waals surface area contributed by atoms with Crippen molar-refractivity contribution in [3.63, 3.8) is 0 Å². The topological polar surface area (TPSA) is 58.6 Å². The van der Waals surface area contributed by atoms with Gasteiger partial charge in [0, 0.05) is 12.1 Å². The SMILES string of the molecule is O=C(NC(Oc1ccc(/C=C2\SC(=S)N(CCc3ccccc3)C2=O)cc1)C(Cl)(Cl)Cl)c1ccccc1. The van der Waals surface area contributed by atoms with Gasteiger partial charge in [-0.2, -0.15) is 0 Å². The van der Waals surface area contributed by atoms with Crippen molar-refractivity contribution < 1.29 is 14.3 Å². The second-order valence-electron chi connectivity index (χ2n) is 8.02. The van der Waals surface area contributed by atoms with Gasteiger partial charge in [-0.15, -0.1) is 0 Å². The van der Waals surface area contributed by atoms with Crippen LogP contribution in [0.2, 0.25) is 0 Å². The Morgan fingerprint density at radius 2 is 1.62 bits per heavy atom. The molecule has 5 nitrogen and oxygen atoms in total. The van der Waals surface area contributed by atoms with E-state index >= 15 is 0 Å². The minimum absolute atomic E-state index is 0.119. The van der Waals surface area contributed by atoms with Gasteiger partial charge >= 0.3 is 0 Å². The Balaban J connectivity index is 1.40. The van der Waals surface area contributed by atoms with Gasteiger partial charge in [0.05, 0.1) is 4.91 Å². The summed E-state index contributed by atoms with van der Waals surface area (Å²) in [5, 5.41) is 2.60. The van der Waals surface area contributed by atoms with Crippen LogP contribution in [-0.4, -0.2) is 37.6 Å². The van der Waals surface area contributed by atoms with Crippen molar-refractivity contribution in [2.75, 3.05) is 6.54 Å². The van der Waals surface area contributed by atoms with Crippen LogP contribution in [-0.2, 0) is 11.2 Å². The lowest BCUT2D eigenvalue weighted by molar-refractivity contribution is -0.122. The second-order valence-corrected chi connectivity index (χ2v) is 12.1.